The number of nitriles is 1. The highest BCUT2D eigenvalue weighted by Gasteiger charge is 2.35. The Morgan fingerprint density at radius 3 is 2.58 bits per heavy atom. The van der Waals surface area contributed by atoms with Crippen molar-refractivity contribution < 1.29 is 12.8 Å². The SMILES string of the molecule is N#CC(NS(=O)(=O)c1ccc(Cl)c(F)c1Cl)C1CC1. The summed E-state index contributed by atoms with van der Waals surface area (Å²) in [6.07, 6.45) is 1.59. The maximum absolute atomic E-state index is 13.5. The Hall–Kier alpha value is -0.870. The Bertz CT molecular complexity index is 653. The summed E-state index contributed by atoms with van der Waals surface area (Å²) < 4.78 is 39.8. The highest BCUT2D eigenvalue weighted by Crippen LogP contribution is 2.34. The molecule has 0 spiro atoms. The zero-order valence-corrected chi connectivity index (χ0v) is 11.9. The molecule has 0 bridgehead atoms. The van der Waals surface area contributed by atoms with E-state index in [0.29, 0.717) is 0 Å². The Balaban J connectivity index is 2.35. The van der Waals surface area contributed by atoms with Gasteiger partial charge in [0, 0.05) is 0 Å². The van der Waals surface area contributed by atoms with E-state index in [1.165, 1.54) is 0 Å². The summed E-state index contributed by atoms with van der Waals surface area (Å²) >= 11 is 11.1. The molecule has 1 N–H and O–H groups in total. The standard InChI is InChI=1S/C11H9Cl2FN2O2S/c12-7-3-4-9(10(13)11(7)14)19(17,18)16-8(5-15)6-1-2-6/h3-4,6,8,16H,1-2H2. The summed E-state index contributed by atoms with van der Waals surface area (Å²) in [6.45, 7) is 0. The largest absolute Gasteiger partial charge is 0.243 e. The van der Waals surface area contributed by atoms with Gasteiger partial charge in [0.1, 0.15) is 10.9 Å². The molecule has 0 aliphatic heterocycles. The minimum Gasteiger partial charge on any atom is -0.207 e. The lowest BCUT2D eigenvalue weighted by Crippen LogP contribution is -2.35. The van der Waals surface area contributed by atoms with E-state index >= 15 is 0 Å². The molecule has 8 heteroatoms. The summed E-state index contributed by atoms with van der Waals surface area (Å²) in [5.74, 6) is -0.984. The van der Waals surface area contributed by atoms with Crippen molar-refractivity contribution in [1.82, 2.24) is 4.72 Å². The molecular formula is C11H9Cl2FN2O2S. The molecule has 0 radical (unpaired) electrons. The first-order valence-electron chi connectivity index (χ1n) is 5.42. The van der Waals surface area contributed by atoms with Crippen LogP contribution in [0.25, 0.3) is 0 Å². The number of benzene rings is 1. The number of sulfonamides is 1. The summed E-state index contributed by atoms with van der Waals surface area (Å²) in [7, 11) is -4.05. The van der Waals surface area contributed by atoms with Crippen LogP contribution in [0, 0.1) is 23.1 Å². The van der Waals surface area contributed by atoms with E-state index in [1.807, 2.05) is 6.07 Å². The van der Waals surface area contributed by atoms with Gasteiger partial charge in [-0.05, 0) is 30.9 Å². The monoisotopic (exact) mass is 322 g/mol. The zero-order chi connectivity index (χ0) is 14.2. The predicted octanol–water partition coefficient (Wildman–Crippen LogP) is 2.71. The molecule has 1 aromatic rings. The summed E-state index contributed by atoms with van der Waals surface area (Å²) in [4.78, 5) is -0.419. The van der Waals surface area contributed by atoms with E-state index in [2.05, 4.69) is 4.72 Å². The third kappa shape index (κ3) is 3.00. The van der Waals surface area contributed by atoms with Gasteiger partial charge in [-0.25, -0.2) is 12.8 Å². The molecule has 0 aromatic heterocycles. The lowest BCUT2D eigenvalue weighted by molar-refractivity contribution is 0.558. The summed E-state index contributed by atoms with van der Waals surface area (Å²) in [5.41, 5.74) is 0. The number of nitrogens with one attached hydrogen (secondary N) is 1. The summed E-state index contributed by atoms with van der Waals surface area (Å²) in [6, 6.07) is 3.28. The van der Waals surface area contributed by atoms with Gasteiger partial charge in [0.15, 0.2) is 5.82 Å². The molecule has 2 rings (SSSR count). The molecule has 1 fully saturated rings. The van der Waals surface area contributed by atoms with Crippen molar-refractivity contribution in [2.75, 3.05) is 0 Å². The lowest BCUT2D eigenvalue weighted by atomic mass is 10.2. The average Bonchev–Trinajstić information content (AvgIpc) is 3.17. The number of rotatable bonds is 4. The van der Waals surface area contributed by atoms with Crippen molar-refractivity contribution in [3.8, 4) is 6.07 Å². The van der Waals surface area contributed by atoms with Crippen molar-refractivity contribution >= 4 is 33.2 Å². The van der Waals surface area contributed by atoms with Crippen molar-refractivity contribution in [2.24, 2.45) is 5.92 Å². The molecule has 0 amide bonds. The van der Waals surface area contributed by atoms with E-state index < -0.39 is 31.8 Å². The summed E-state index contributed by atoms with van der Waals surface area (Å²) in [5, 5.41) is 8.07. The van der Waals surface area contributed by atoms with E-state index in [4.69, 9.17) is 28.5 Å². The molecule has 102 valence electrons. The highest BCUT2D eigenvalue weighted by atomic mass is 35.5. The van der Waals surface area contributed by atoms with Crippen LogP contribution in [0.4, 0.5) is 4.39 Å². The van der Waals surface area contributed by atoms with Crippen molar-refractivity contribution in [2.45, 2.75) is 23.8 Å². The van der Waals surface area contributed by atoms with Gasteiger partial charge in [-0.2, -0.15) is 9.98 Å². The van der Waals surface area contributed by atoms with Gasteiger partial charge in [0.05, 0.1) is 16.1 Å². The molecule has 1 aliphatic carbocycles. The maximum Gasteiger partial charge on any atom is 0.243 e. The number of halogens is 3. The molecule has 1 saturated carbocycles. The molecule has 0 saturated heterocycles. The first kappa shape index (κ1) is 14.5. The van der Waals surface area contributed by atoms with E-state index in [1.54, 1.807) is 0 Å². The minimum atomic E-state index is -4.05. The second kappa shape index (κ2) is 5.25. The van der Waals surface area contributed by atoms with Crippen LogP contribution in [0.15, 0.2) is 17.0 Å². The normalized spacial score (nSPS) is 16.9. The van der Waals surface area contributed by atoms with Crippen LogP contribution >= 0.6 is 23.2 Å². The fraction of sp³-hybridized carbons (Fsp3) is 0.364. The Morgan fingerprint density at radius 1 is 1.42 bits per heavy atom. The first-order valence-corrected chi connectivity index (χ1v) is 7.66. The van der Waals surface area contributed by atoms with Crippen LogP contribution in [0.3, 0.4) is 0 Å². The van der Waals surface area contributed by atoms with E-state index in [9.17, 15) is 12.8 Å². The fourth-order valence-electron chi connectivity index (χ4n) is 1.60. The predicted molar refractivity (Wildman–Crippen MR) is 68.9 cm³/mol. The molecule has 0 heterocycles. The zero-order valence-electron chi connectivity index (χ0n) is 9.53. The quantitative estimate of drug-likeness (QED) is 0.866. The van der Waals surface area contributed by atoms with Gasteiger partial charge in [-0.15, -0.1) is 0 Å². The smallest absolute Gasteiger partial charge is 0.207 e. The number of nitrogens with zero attached hydrogens (tertiary/aromatic N) is 1. The first-order chi connectivity index (χ1) is 8.86. The number of hydrogen-bond donors (Lipinski definition) is 1. The van der Waals surface area contributed by atoms with Crippen LogP contribution in [0.2, 0.25) is 10.0 Å². The molecule has 1 aliphatic rings. The van der Waals surface area contributed by atoms with Gasteiger partial charge in [0.2, 0.25) is 10.0 Å². The van der Waals surface area contributed by atoms with Gasteiger partial charge >= 0.3 is 0 Å². The van der Waals surface area contributed by atoms with Gasteiger partial charge in [-0.1, -0.05) is 23.2 Å². The van der Waals surface area contributed by atoms with Gasteiger partial charge in [-0.3, -0.25) is 0 Å². The molecular weight excluding hydrogens is 314 g/mol. The molecule has 1 atom stereocenters. The lowest BCUT2D eigenvalue weighted by Gasteiger charge is -2.12. The Morgan fingerprint density at radius 2 is 2.05 bits per heavy atom. The van der Waals surface area contributed by atoms with E-state index in [0.717, 1.165) is 25.0 Å². The van der Waals surface area contributed by atoms with Crippen LogP contribution in [0.5, 0.6) is 0 Å². The van der Waals surface area contributed by atoms with Gasteiger partial charge < -0.3 is 0 Å². The third-order valence-electron chi connectivity index (χ3n) is 2.80. The Labute approximate surface area is 120 Å². The number of hydrogen-bond acceptors (Lipinski definition) is 3. The minimum absolute atomic E-state index is 0.00991. The average molecular weight is 323 g/mol. The molecule has 19 heavy (non-hydrogen) atoms. The van der Waals surface area contributed by atoms with Crippen LogP contribution < -0.4 is 4.72 Å². The molecule has 1 aromatic carbocycles. The van der Waals surface area contributed by atoms with Crippen LogP contribution in [-0.2, 0) is 10.0 Å². The van der Waals surface area contributed by atoms with Gasteiger partial charge in [0.25, 0.3) is 0 Å². The van der Waals surface area contributed by atoms with Crippen LogP contribution in [-0.4, -0.2) is 14.5 Å². The second-order valence-corrected chi connectivity index (χ2v) is 6.71. The molecule has 1 unspecified atom stereocenters. The Kier molecular flexibility index (Phi) is 4.02. The van der Waals surface area contributed by atoms with Crippen LogP contribution in [0.1, 0.15) is 12.8 Å². The molecule has 4 nitrogen and oxygen atoms in total. The topological polar surface area (TPSA) is 70.0 Å². The maximum atomic E-state index is 13.5. The van der Waals surface area contributed by atoms with Crippen molar-refractivity contribution in [1.29, 1.82) is 5.26 Å². The van der Waals surface area contributed by atoms with Crippen molar-refractivity contribution in [3.05, 3.63) is 28.0 Å². The third-order valence-corrected chi connectivity index (χ3v) is 5.06. The highest BCUT2D eigenvalue weighted by molar-refractivity contribution is 7.89. The van der Waals surface area contributed by atoms with Crippen molar-refractivity contribution in [3.63, 3.8) is 0 Å². The van der Waals surface area contributed by atoms with E-state index in [-0.39, 0.29) is 10.9 Å². The second-order valence-electron chi connectivity index (χ2n) is 4.24. The fourth-order valence-corrected chi connectivity index (χ4v) is 3.56.